The molecular formula is C24H42N2O3. The van der Waals surface area contributed by atoms with Crippen molar-refractivity contribution in [2.24, 2.45) is 22.7 Å². The summed E-state index contributed by atoms with van der Waals surface area (Å²) in [4.78, 5) is 40.6. The highest BCUT2D eigenvalue weighted by molar-refractivity contribution is 6.03. The SMILES string of the molecule is CC(C)(C)C1CCN(C(=O)CCCCCCN2C(=O)CC(C(C)(C)C)C2=O)CC1. The normalized spacial score (nSPS) is 21.9. The van der Waals surface area contributed by atoms with Crippen molar-refractivity contribution >= 4 is 17.7 Å². The van der Waals surface area contributed by atoms with Crippen LogP contribution < -0.4 is 0 Å². The second-order valence-corrected chi connectivity index (χ2v) is 11.2. The number of amides is 3. The Bertz CT molecular complexity index is 592. The lowest BCUT2D eigenvalue weighted by Gasteiger charge is -2.38. The van der Waals surface area contributed by atoms with Crippen LogP contribution in [-0.2, 0) is 14.4 Å². The van der Waals surface area contributed by atoms with Crippen LogP contribution in [-0.4, -0.2) is 47.2 Å². The number of carbonyl (C=O) groups is 3. The van der Waals surface area contributed by atoms with E-state index < -0.39 is 0 Å². The van der Waals surface area contributed by atoms with Crippen LogP contribution in [0.4, 0.5) is 0 Å². The number of carbonyl (C=O) groups excluding carboxylic acids is 3. The lowest BCUT2D eigenvalue weighted by atomic mass is 9.75. The summed E-state index contributed by atoms with van der Waals surface area (Å²) in [6.07, 6.45) is 6.85. The number of imide groups is 1. The third-order valence-electron chi connectivity index (χ3n) is 6.88. The summed E-state index contributed by atoms with van der Waals surface area (Å²) in [7, 11) is 0. The summed E-state index contributed by atoms with van der Waals surface area (Å²) in [5.41, 5.74) is 0.170. The van der Waals surface area contributed by atoms with E-state index in [0.717, 1.165) is 51.6 Å². The Morgan fingerprint density at radius 2 is 1.48 bits per heavy atom. The third kappa shape index (κ3) is 6.55. The van der Waals surface area contributed by atoms with E-state index in [-0.39, 0.29) is 29.1 Å². The molecule has 0 aromatic heterocycles. The van der Waals surface area contributed by atoms with Gasteiger partial charge in [0.25, 0.3) is 0 Å². The van der Waals surface area contributed by atoms with Crippen LogP contribution >= 0.6 is 0 Å². The maximum Gasteiger partial charge on any atom is 0.233 e. The number of piperidine rings is 1. The Hall–Kier alpha value is -1.39. The highest BCUT2D eigenvalue weighted by Gasteiger charge is 2.44. The predicted octanol–water partition coefficient (Wildman–Crippen LogP) is 4.64. The van der Waals surface area contributed by atoms with Gasteiger partial charge in [0.05, 0.1) is 5.92 Å². The van der Waals surface area contributed by atoms with Crippen molar-refractivity contribution in [3.8, 4) is 0 Å². The average molecular weight is 407 g/mol. The molecule has 0 saturated carbocycles. The molecule has 0 bridgehead atoms. The highest BCUT2D eigenvalue weighted by Crippen LogP contribution is 2.36. The monoisotopic (exact) mass is 406 g/mol. The summed E-state index contributed by atoms with van der Waals surface area (Å²) < 4.78 is 0. The van der Waals surface area contributed by atoms with E-state index in [1.54, 1.807) is 0 Å². The molecule has 0 N–H and O–H groups in total. The van der Waals surface area contributed by atoms with Gasteiger partial charge in [0, 0.05) is 32.5 Å². The van der Waals surface area contributed by atoms with Gasteiger partial charge in [0.1, 0.15) is 0 Å². The Kier molecular flexibility index (Phi) is 7.92. The van der Waals surface area contributed by atoms with Crippen LogP contribution in [0.2, 0.25) is 0 Å². The van der Waals surface area contributed by atoms with Crippen molar-refractivity contribution in [1.82, 2.24) is 9.80 Å². The Balaban J connectivity index is 1.60. The summed E-state index contributed by atoms with van der Waals surface area (Å²) in [6.45, 7) is 15.3. The first-order valence-corrected chi connectivity index (χ1v) is 11.5. The van der Waals surface area contributed by atoms with Gasteiger partial charge in [-0.05, 0) is 42.4 Å². The lowest BCUT2D eigenvalue weighted by Crippen LogP contribution is -2.41. The van der Waals surface area contributed by atoms with E-state index in [0.29, 0.717) is 30.7 Å². The molecule has 2 saturated heterocycles. The molecule has 0 radical (unpaired) electrons. The van der Waals surface area contributed by atoms with E-state index in [1.165, 1.54) is 4.90 Å². The average Bonchev–Trinajstić information content (AvgIpc) is 2.91. The topological polar surface area (TPSA) is 57.7 Å². The maximum atomic E-state index is 12.5. The molecule has 166 valence electrons. The fraction of sp³-hybridized carbons (Fsp3) is 0.875. The minimum Gasteiger partial charge on any atom is -0.343 e. The minimum absolute atomic E-state index is 0.00339. The van der Waals surface area contributed by atoms with Crippen LogP contribution in [0.5, 0.6) is 0 Å². The first-order chi connectivity index (χ1) is 13.4. The number of hydrogen-bond donors (Lipinski definition) is 0. The van der Waals surface area contributed by atoms with E-state index >= 15 is 0 Å². The van der Waals surface area contributed by atoms with E-state index in [1.807, 2.05) is 25.7 Å². The quantitative estimate of drug-likeness (QED) is 0.457. The van der Waals surface area contributed by atoms with Gasteiger partial charge in [-0.1, -0.05) is 54.4 Å². The zero-order valence-corrected chi connectivity index (χ0v) is 19.6. The molecule has 5 nitrogen and oxygen atoms in total. The minimum atomic E-state index is -0.185. The first kappa shape index (κ1) is 23.9. The molecule has 3 amide bonds. The highest BCUT2D eigenvalue weighted by atomic mass is 16.2. The fourth-order valence-electron chi connectivity index (χ4n) is 4.65. The maximum absolute atomic E-state index is 12.5. The first-order valence-electron chi connectivity index (χ1n) is 11.5. The largest absolute Gasteiger partial charge is 0.343 e. The second-order valence-electron chi connectivity index (χ2n) is 11.2. The van der Waals surface area contributed by atoms with Crippen LogP contribution in [0, 0.1) is 22.7 Å². The van der Waals surface area contributed by atoms with Gasteiger partial charge >= 0.3 is 0 Å². The predicted molar refractivity (Wildman–Crippen MR) is 116 cm³/mol. The van der Waals surface area contributed by atoms with E-state index in [4.69, 9.17) is 0 Å². The molecule has 2 aliphatic heterocycles. The zero-order valence-electron chi connectivity index (χ0n) is 19.6. The van der Waals surface area contributed by atoms with Gasteiger partial charge in [-0.3, -0.25) is 19.3 Å². The second kappa shape index (κ2) is 9.61. The molecule has 2 fully saturated rings. The van der Waals surface area contributed by atoms with Crippen molar-refractivity contribution in [2.45, 2.75) is 92.9 Å². The molecule has 0 aliphatic carbocycles. The van der Waals surface area contributed by atoms with Crippen LogP contribution in [0.1, 0.15) is 92.9 Å². The number of hydrogen-bond acceptors (Lipinski definition) is 3. The van der Waals surface area contributed by atoms with Crippen LogP contribution in [0.15, 0.2) is 0 Å². The van der Waals surface area contributed by atoms with Gasteiger partial charge in [-0.25, -0.2) is 0 Å². The number of nitrogens with zero attached hydrogens (tertiary/aromatic N) is 2. The summed E-state index contributed by atoms with van der Waals surface area (Å²) in [5, 5.41) is 0. The van der Waals surface area contributed by atoms with Crippen molar-refractivity contribution in [2.75, 3.05) is 19.6 Å². The third-order valence-corrected chi connectivity index (χ3v) is 6.88. The number of likely N-dealkylation sites (tertiary alicyclic amines) is 2. The van der Waals surface area contributed by atoms with Gasteiger partial charge in [-0.2, -0.15) is 0 Å². The summed E-state index contributed by atoms with van der Waals surface area (Å²) in [5.74, 6) is 0.783. The Labute approximate surface area is 177 Å². The van der Waals surface area contributed by atoms with Gasteiger partial charge < -0.3 is 4.90 Å². The molecular weight excluding hydrogens is 364 g/mol. The Morgan fingerprint density at radius 3 is 2.00 bits per heavy atom. The zero-order chi connectivity index (χ0) is 21.8. The molecule has 0 spiro atoms. The standard InChI is InChI=1S/C24H42N2O3/c1-23(2,3)18-12-15-25(16-13-18)20(27)11-9-7-8-10-14-26-21(28)17-19(22(26)29)24(4,5)6/h18-19H,7-17H2,1-6H3. The molecule has 2 rings (SSSR count). The Morgan fingerprint density at radius 1 is 0.897 bits per heavy atom. The van der Waals surface area contributed by atoms with Crippen molar-refractivity contribution in [1.29, 1.82) is 0 Å². The van der Waals surface area contributed by atoms with Gasteiger partial charge in [0.15, 0.2) is 0 Å². The lowest BCUT2D eigenvalue weighted by molar-refractivity contribution is -0.140. The number of unbranched alkanes of at least 4 members (excludes halogenated alkanes) is 3. The summed E-state index contributed by atoms with van der Waals surface area (Å²) in [6, 6.07) is 0. The molecule has 1 atom stereocenters. The summed E-state index contributed by atoms with van der Waals surface area (Å²) >= 11 is 0. The molecule has 0 aromatic carbocycles. The van der Waals surface area contributed by atoms with Crippen molar-refractivity contribution < 1.29 is 14.4 Å². The van der Waals surface area contributed by atoms with E-state index in [2.05, 4.69) is 20.8 Å². The van der Waals surface area contributed by atoms with Crippen LogP contribution in [0.3, 0.4) is 0 Å². The van der Waals surface area contributed by atoms with Crippen LogP contribution in [0.25, 0.3) is 0 Å². The van der Waals surface area contributed by atoms with Crippen molar-refractivity contribution in [3.05, 3.63) is 0 Å². The van der Waals surface area contributed by atoms with Crippen molar-refractivity contribution in [3.63, 3.8) is 0 Å². The molecule has 5 heteroatoms. The molecule has 2 heterocycles. The number of rotatable bonds is 7. The molecule has 1 unspecified atom stereocenters. The van der Waals surface area contributed by atoms with Gasteiger partial charge in [0.2, 0.25) is 17.7 Å². The van der Waals surface area contributed by atoms with E-state index in [9.17, 15) is 14.4 Å². The molecule has 29 heavy (non-hydrogen) atoms. The van der Waals surface area contributed by atoms with Gasteiger partial charge in [-0.15, -0.1) is 0 Å². The smallest absolute Gasteiger partial charge is 0.233 e. The fourth-order valence-corrected chi connectivity index (χ4v) is 4.65. The molecule has 0 aromatic rings. The molecule has 2 aliphatic rings.